The van der Waals surface area contributed by atoms with Crippen molar-refractivity contribution in [1.29, 1.82) is 0 Å². The number of rotatable bonds is 5. The van der Waals surface area contributed by atoms with Gasteiger partial charge in [-0.1, -0.05) is 6.42 Å². The van der Waals surface area contributed by atoms with Gasteiger partial charge in [0, 0.05) is 27.1 Å². The van der Waals surface area contributed by atoms with Crippen LogP contribution >= 0.6 is 0 Å². The van der Waals surface area contributed by atoms with E-state index in [9.17, 15) is 0 Å². The molecule has 0 N–H and O–H groups in total. The Morgan fingerprint density at radius 2 is 2.10 bits per heavy atom. The molecule has 0 atom stereocenters. The van der Waals surface area contributed by atoms with E-state index in [2.05, 4.69) is 18.8 Å². The van der Waals surface area contributed by atoms with E-state index >= 15 is 0 Å². The van der Waals surface area contributed by atoms with Gasteiger partial charge in [-0.05, 0) is 12.8 Å². The van der Waals surface area contributed by atoms with Gasteiger partial charge in [0.2, 0.25) is 0 Å². The van der Waals surface area contributed by atoms with Crippen LogP contribution in [-0.2, 0) is 4.74 Å². The van der Waals surface area contributed by atoms with Crippen molar-refractivity contribution in [2.24, 2.45) is 0 Å². The summed E-state index contributed by atoms with van der Waals surface area (Å²) in [4.78, 5) is 0. The fourth-order valence-electron chi connectivity index (χ4n) is 0.725. The van der Waals surface area contributed by atoms with Gasteiger partial charge in [-0.3, -0.25) is 0 Å². The number of hydrogen-bond donors (Lipinski definition) is 0. The second kappa shape index (κ2) is 8.52. The maximum absolute atomic E-state index is 4.90. The summed E-state index contributed by atoms with van der Waals surface area (Å²) < 4.78 is 4.90. The molecular formula is C9H15O. The lowest BCUT2D eigenvalue weighted by atomic mass is 10.2. The Bertz CT molecular complexity index is 108. The molecule has 0 aromatic carbocycles. The predicted molar refractivity (Wildman–Crippen MR) is 43.5 cm³/mol. The number of methoxy groups -OCH3 is 1. The van der Waals surface area contributed by atoms with E-state index in [1.54, 1.807) is 7.11 Å². The molecule has 0 aliphatic rings. The van der Waals surface area contributed by atoms with Crippen molar-refractivity contribution in [3.63, 3.8) is 0 Å². The van der Waals surface area contributed by atoms with Crippen LogP contribution in [0.4, 0.5) is 0 Å². The average molecular weight is 139 g/mol. The molecule has 0 aliphatic carbocycles. The quantitative estimate of drug-likeness (QED) is 0.418. The van der Waals surface area contributed by atoms with Gasteiger partial charge in [-0.15, -0.1) is 11.8 Å². The van der Waals surface area contributed by atoms with Gasteiger partial charge in [0.05, 0.1) is 0 Å². The molecule has 0 rings (SSSR count). The minimum atomic E-state index is 0.873. The topological polar surface area (TPSA) is 9.23 Å². The largest absolute Gasteiger partial charge is 0.385 e. The van der Waals surface area contributed by atoms with Gasteiger partial charge < -0.3 is 4.74 Å². The molecule has 0 fully saturated rings. The normalized spacial score (nSPS) is 8.60. The van der Waals surface area contributed by atoms with Gasteiger partial charge in [0.15, 0.2) is 0 Å². The summed E-state index contributed by atoms with van der Waals surface area (Å²) in [6.07, 6.45) is 4.51. The molecule has 1 nitrogen and oxygen atoms in total. The van der Waals surface area contributed by atoms with Crippen LogP contribution in [0, 0.1) is 18.8 Å². The van der Waals surface area contributed by atoms with Crippen LogP contribution in [0.15, 0.2) is 0 Å². The summed E-state index contributed by atoms with van der Waals surface area (Å²) >= 11 is 0. The summed E-state index contributed by atoms with van der Waals surface area (Å²) in [5.41, 5.74) is 0. The highest BCUT2D eigenvalue weighted by Gasteiger charge is 1.85. The minimum Gasteiger partial charge on any atom is -0.385 e. The van der Waals surface area contributed by atoms with Crippen LogP contribution in [0.25, 0.3) is 0 Å². The fraction of sp³-hybridized carbons (Fsp3) is 0.667. The van der Waals surface area contributed by atoms with Crippen molar-refractivity contribution in [1.82, 2.24) is 0 Å². The van der Waals surface area contributed by atoms with Gasteiger partial charge in [0.1, 0.15) is 0 Å². The third-order valence-electron chi connectivity index (χ3n) is 1.28. The molecule has 0 amide bonds. The van der Waals surface area contributed by atoms with Crippen LogP contribution < -0.4 is 0 Å². The second-order valence-electron chi connectivity index (χ2n) is 2.16. The first-order valence-electron chi connectivity index (χ1n) is 3.65. The molecule has 0 saturated heterocycles. The number of unbranched alkanes of at least 4 members (excludes halogenated alkanes) is 3. The maximum atomic E-state index is 4.90. The van der Waals surface area contributed by atoms with Crippen molar-refractivity contribution in [3.8, 4) is 11.8 Å². The molecule has 0 unspecified atom stereocenters. The Kier molecular flexibility index (Phi) is 8.11. The van der Waals surface area contributed by atoms with E-state index < -0.39 is 0 Å². The molecule has 1 radical (unpaired) electrons. The molecule has 1 heteroatoms. The lowest BCUT2D eigenvalue weighted by molar-refractivity contribution is 0.192. The molecule has 0 bridgehead atoms. The summed E-state index contributed by atoms with van der Waals surface area (Å²) in [5.74, 6) is 5.55. The average Bonchev–Trinajstić information content (AvgIpc) is 1.97. The van der Waals surface area contributed by atoms with Crippen LogP contribution in [0.5, 0.6) is 0 Å². The molecule has 10 heavy (non-hydrogen) atoms. The molecule has 0 saturated carbocycles. The van der Waals surface area contributed by atoms with E-state index in [-0.39, 0.29) is 0 Å². The fourth-order valence-corrected chi connectivity index (χ4v) is 0.725. The van der Waals surface area contributed by atoms with E-state index in [1.807, 2.05) is 0 Å². The molecule has 0 heterocycles. The van der Waals surface area contributed by atoms with Crippen molar-refractivity contribution in [2.75, 3.05) is 13.7 Å². The highest BCUT2D eigenvalue weighted by Crippen LogP contribution is 1.97. The van der Waals surface area contributed by atoms with E-state index in [0.717, 1.165) is 19.4 Å². The van der Waals surface area contributed by atoms with E-state index in [0.29, 0.717) is 0 Å². The van der Waals surface area contributed by atoms with Crippen molar-refractivity contribution in [3.05, 3.63) is 6.92 Å². The molecular weight excluding hydrogens is 124 g/mol. The zero-order valence-electron chi connectivity index (χ0n) is 6.65. The molecule has 0 aromatic heterocycles. The molecule has 57 valence electrons. The van der Waals surface area contributed by atoms with Gasteiger partial charge in [0.25, 0.3) is 0 Å². The van der Waals surface area contributed by atoms with Crippen LogP contribution in [0.1, 0.15) is 25.7 Å². The zero-order chi connectivity index (χ0) is 7.66. The van der Waals surface area contributed by atoms with Crippen molar-refractivity contribution < 1.29 is 4.74 Å². The summed E-state index contributed by atoms with van der Waals surface area (Å²) in [5, 5.41) is 0. The zero-order valence-corrected chi connectivity index (χ0v) is 6.65. The highest BCUT2D eigenvalue weighted by atomic mass is 16.5. The van der Waals surface area contributed by atoms with Gasteiger partial charge in [-0.25, -0.2) is 0 Å². The first kappa shape index (κ1) is 9.52. The van der Waals surface area contributed by atoms with Crippen LogP contribution in [0.2, 0.25) is 0 Å². The van der Waals surface area contributed by atoms with Crippen LogP contribution in [-0.4, -0.2) is 13.7 Å². The monoisotopic (exact) mass is 139 g/mol. The Hall–Kier alpha value is -0.480. The summed E-state index contributed by atoms with van der Waals surface area (Å²) in [6, 6.07) is 0. The smallest absolute Gasteiger partial charge is 0.0462 e. The van der Waals surface area contributed by atoms with Crippen molar-refractivity contribution in [2.45, 2.75) is 25.7 Å². The van der Waals surface area contributed by atoms with E-state index in [1.165, 1.54) is 12.8 Å². The van der Waals surface area contributed by atoms with Gasteiger partial charge in [-0.2, -0.15) is 0 Å². The second-order valence-corrected chi connectivity index (χ2v) is 2.16. The highest BCUT2D eigenvalue weighted by molar-refractivity contribution is 5.00. The Labute approximate surface area is 63.8 Å². The minimum absolute atomic E-state index is 0.873. The van der Waals surface area contributed by atoms with E-state index in [4.69, 9.17) is 4.74 Å². The molecule has 0 spiro atoms. The Balaban J connectivity index is 2.82. The third-order valence-corrected chi connectivity index (χ3v) is 1.28. The third kappa shape index (κ3) is 7.52. The lowest BCUT2D eigenvalue weighted by Crippen LogP contribution is -1.87. The maximum Gasteiger partial charge on any atom is 0.0462 e. The first-order chi connectivity index (χ1) is 4.91. The molecule has 0 aliphatic heterocycles. The standard InChI is InChI=1S/C9H15O/c1-3-4-5-6-7-8-9-10-2/h1,5-9H2,2H3. The first-order valence-corrected chi connectivity index (χ1v) is 3.65. The van der Waals surface area contributed by atoms with Gasteiger partial charge >= 0.3 is 0 Å². The van der Waals surface area contributed by atoms with Crippen LogP contribution in [0.3, 0.4) is 0 Å². The molecule has 0 aromatic rings. The number of hydrogen-bond acceptors (Lipinski definition) is 1. The summed E-state index contributed by atoms with van der Waals surface area (Å²) in [7, 11) is 1.73. The summed E-state index contributed by atoms with van der Waals surface area (Å²) in [6.45, 7) is 4.31. The SMILES string of the molecule is [CH2]C#CCCCCCOC. The predicted octanol–water partition coefficient (Wildman–Crippen LogP) is 2.03. The Morgan fingerprint density at radius 3 is 2.70 bits per heavy atom. The Morgan fingerprint density at radius 1 is 1.30 bits per heavy atom. The van der Waals surface area contributed by atoms with Crippen molar-refractivity contribution >= 4 is 0 Å². The number of ether oxygens (including phenoxy) is 1. The lowest BCUT2D eigenvalue weighted by Gasteiger charge is -1.95.